The predicted molar refractivity (Wildman–Crippen MR) is 193 cm³/mol. The molecule has 0 aromatic heterocycles. The highest BCUT2D eigenvalue weighted by Crippen LogP contribution is 2.36. The number of hydrogen-bond donors (Lipinski definition) is 2. The van der Waals surface area contributed by atoms with E-state index in [-0.39, 0.29) is 19.4 Å². The van der Waals surface area contributed by atoms with E-state index in [1.54, 1.807) is 0 Å². The Labute approximate surface area is 288 Å². The molecule has 0 saturated carbocycles. The van der Waals surface area contributed by atoms with Gasteiger partial charge in [-0.1, -0.05) is 154 Å². The SMILES string of the molecule is CCCCC/C=C/C/C=C/CCCCCCCCCCCC(=O)O[C@H](COC(=O)CCCCCCCCCCCC)COP(=O)(O)O. The van der Waals surface area contributed by atoms with Crippen LogP contribution in [-0.2, 0) is 28.2 Å². The number of ether oxygens (including phenoxy) is 2. The molecule has 2 N–H and O–H groups in total. The third kappa shape index (κ3) is 37.2. The molecule has 0 unspecified atom stereocenters. The zero-order chi connectivity index (χ0) is 34.7. The molecule has 0 aromatic carbocycles. The van der Waals surface area contributed by atoms with Gasteiger partial charge in [-0.15, -0.1) is 0 Å². The summed E-state index contributed by atoms with van der Waals surface area (Å²) in [6, 6.07) is 0. The van der Waals surface area contributed by atoms with Gasteiger partial charge in [-0.25, -0.2) is 4.57 Å². The van der Waals surface area contributed by atoms with Gasteiger partial charge >= 0.3 is 19.8 Å². The van der Waals surface area contributed by atoms with Crippen molar-refractivity contribution in [2.24, 2.45) is 0 Å². The number of phosphoric ester groups is 1. The third-order valence-electron chi connectivity index (χ3n) is 8.22. The monoisotopic (exact) mass is 686 g/mol. The highest BCUT2D eigenvalue weighted by Gasteiger charge is 2.22. The fourth-order valence-corrected chi connectivity index (χ4v) is 5.70. The van der Waals surface area contributed by atoms with Gasteiger partial charge in [0.2, 0.25) is 0 Å². The lowest BCUT2D eigenvalue weighted by Crippen LogP contribution is -2.29. The second-order valence-corrected chi connectivity index (χ2v) is 14.1. The van der Waals surface area contributed by atoms with Crippen molar-refractivity contribution in [1.82, 2.24) is 0 Å². The van der Waals surface area contributed by atoms with Gasteiger partial charge in [0, 0.05) is 12.8 Å². The van der Waals surface area contributed by atoms with Gasteiger partial charge in [0.1, 0.15) is 6.61 Å². The Morgan fingerprint density at radius 2 is 0.957 bits per heavy atom. The Balaban J connectivity index is 3.91. The lowest BCUT2D eigenvalue weighted by molar-refractivity contribution is -0.161. The van der Waals surface area contributed by atoms with Crippen molar-refractivity contribution in [3.05, 3.63) is 24.3 Å². The molecule has 0 bridgehead atoms. The molecular weight excluding hydrogens is 615 g/mol. The molecule has 0 aliphatic rings. The van der Waals surface area contributed by atoms with Crippen LogP contribution in [0.25, 0.3) is 0 Å². The first kappa shape index (κ1) is 45.5. The summed E-state index contributed by atoms with van der Waals surface area (Å²) in [5.74, 6) is -0.887. The normalized spacial score (nSPS) is 12.7. The smallest absolute Gasteiger partial charge is 0.462 e. The van der Waals surface area contributed by atoms with Crippen LogP contribution in [-0.4, -0.2) is 41.0 Å². The molecule has 47 heavy (non-hydrogen) atoms. The van der Waals surface area contributed by atoms with E-state index < -0.39 is 32.5 Å². The zero-order valence-corrected chi connectivity index (χ0v) is 31.1. The summed E-state index contributed by atoms with van der Waals surface area (Å²) in [5, 5.41) is 0. The number of carbonyl (C=O) groups is 2. The maximum absolute atomic E-state index is 12.4. The van der Waals surface area contributed by atoms with E-state index in [4.69, 9.17) is 19.3 Å². The van der Waals surface area contributed by atoms with Gasteiger partial charge < -0.3 is 19.3 Å². The number of carbonyl (C=O) groups excluding carboxylic acids is 2. The van der Waals surface area contributed by atoms with Crippen molar-refractivity contribution >= 4 is 19.8 Å². The van der Waals surface area contributed by atoms with E-state index in [0.29, 0.717) is 6.42 Å². The fourth-order valence-electron chi connectivity index (χ4n) is 5.34. The Hall–Kier alpha value is -1.47. The Bertz CT molecular complexity index is 823. The van der Waals surface area contributed by atoms with E-state index in [9.17, 15) is 14.2 Å². The van der Waals surface area contributed by atoms with Crippen LogP contribution in [0.15, 0.2) is 24.3 Å². The summed E-state index contributed by atoms with van der Waals surface area (Å²) >= 11 is 0. The highest BCUT2D eigenvalue weighted by atomic mass is 31.2. The second-order valence-electron chi connectivity index (χ2n) is 12.9. The summed E-state index contributed by atoms with van der Waals surface area (Å²) in [5.41, 5.74) is 0. The summed E-state index contributed by atoms with van der Waals surface area (Å²) in [4.78, 5) is 42.6. The van der Waals surface area contributed by atoms with Crippen LogP contribution in [0.1, 0.15) is 187 Å². The summed E-state index contributed by atoms with van der Waals surface area (Å²) in [6.07, 6.45) is 37.6. The van der Waals surface area contributed by atoms with Crippen molar-refractivity contribution in [2.75, 3.05) is 13.2 Å². The zero-order valence-electron chi connectivity index (χ0n) is 30.2. The minimum atomic E-state index is -4.74. The molecule has 0 aliphatic heterocycles. The number of hydrogen-bond acceptors (Lipinski definition) is 6. The van der Waals surface area contributed by atoms with E-state index in [1.807, 2.05) is 0 Å². The largest absolute Gasteiger partial charge is 0.469 e. The first-order valence-electron chi connectivity index (χ1n) is 19.1. The van der Waals surface area contributed by atoms with Crippen molar-refractivity contribution in [3.8, 4) is 0 Å². The average molecular weight is 687 g/mol. The highest BCUT2D eigenvalue weighted by molar-refractivity contribution is 7.46. The van der Waals surface area contributed by atoms with Crippen LogP contribution >= 0.6 is 7.82 Å². The number of allylic oxidation sites excluding steroid dienone is 4. The van der Waals surface area contributed by atoms with Crippen LogP contribution in [0.2, 0.25) is 0 Å². The van der Waals surface area contributed by atoms with E-state index in [0.717, 1.165) is 51.4 Å². The Kier molecular flexibility index (Phi) is 33.3. The summed E-state index contributed by atoms with van der Waals surface area (Å²) < 4.78 is 26.3. The van der Waals surface area contributed by atoms with Crippen LogP contribution in [0, 0.1) is 0 Å². The molecule has 8 nitrogen and oxygen atoms in total. The molecule has 0 fully saturated rings. The van der Waals surface area contributed by atoms with Crippen LogP contribution in [0.3, 0.4) is 0 Å². The van der Waals surface area contributed by atoms with Gasteiger partial charge in [0.15, 0.2) is 6.10 Å². The quantitative estimate of drug-likeness (QED) is 0.0292. The minimum Gasteiger partial charge on any atom is -0.462 e. The average Bonchev–Trinajstić information content (AvgIpc) is 3.04. The van der Waals surface area contributed by atoms with Crippen LogP contribution < -0.4 is 0 Å². The topological polar surface area (TPSA) is 119 Å². The Morgan fingerprint density at radius 1 is 0.553 bits per heavy atom. The lowest BCUT2D eigenvalue weighted by Gasteiger charge is -2.18. The molecule has 276 valence electrons. The molecule has 0 saturated heterocycles. The first-order chi connectivity index (χ1) is 22.8. The van der Waals surface area contributed by atoms with E-state index in [2.05, 4.69) is 42.7 Å². The maximum atomic E-state index is 12.4. The molecule has 0 amide bonds. The second kappa shape index (κ2) is 34.4. The molecule has 0 rings (SSSR count). The Morgan fingerprint density at radius 3 is 1.45 bits per heavy atom. The molecule has 0 heterocycles. The van der Waals surface area contributed by atoms with Crippen LogP contribution in [0.4, 0.5) is 0 Å². The van der Waals surface area contributed by atoms with Gasteiger partial charge in [-0.2, -0.15) is 0 Å². The molecule has 0 aromatic rings. The van der Waals surface area contributed by atoms with Gasteiger partial charge in [0.25, 0.3) is 0 Å². The fraction of sp³-hybridized carbons (Fsp3) is 0.842. The number of phosphoric acid groups is 1. The summed E-state index contributed by atoms with van der Waals surface area (Å²) in [6.45, 7) is 3.64. The third-order valence-corrected chi connectivity index (χ3v) is 8.71. The van der Waals surface area contributed by atoms with Crippen molar-refractivity contribution in [1.29, 1.82) is 0 Å². The minimum absolute atomic E-state index is 0.209. The van der Waals surface area contributed by atoms with E-state index >= 15 is 0 Å². The van der Waals surface area contributed by atoms with Gasteiger partial charge in [-0.3, -0.25) is 14.1 Å². The molecule has 9 heteroatoms. The van der Waals surface area contributed by atoms with E-state index in [1.165, 1.54) is 103 Å². The predicted octanol–water partition coefficient (Wildman–Crippen LogP) is 11.2. The number of rotatable bonds is 35. The molecule has 1 atom stereocenters. The number of unbranched alkanes of at least 4 members (excludes halogenated alkanes) is 21. The maximum Gasteiger partial charge on any atom is 0.469 e. The molecule has 0 radical (unpaired) electrons. The van der Waals surface area contributed by atoms with Gasteiger partial charge in [0.05, 0.1) is 6.61 Å². The first-order valence-corrected chi connectivity index (χ1v) is 20.7. The number of esters is 2. The molecular formula is C38H71O8P. The van der Waals surface area contributed by atoms with Crippen molar-refractivity contribution in [3.63, 3.8) is 0 Å². The standard InChI is InChI=1S/C38H71O8P/c1-3-5-7-9-11-13-15-16-17-18-19-20-21-22-23-25-27-29-31-33-38(40)46-36(35-45-47(41,42)43)34-44-37(39)32-30-28-26-24-14-12-10-8-6-4-2/h11,13,16-17,36H,3-10,12,14-15,18-35H2,1-2H3,(H2,41,42,43)/b13-11+,17-16+/t36-/m1/s1. The molecule has 0 spiro atoms. The van der Waals surface area contributed by atoms with Gasteiger partial charge in [-0.05, 0) is 44.9 Å². The van der Waals surface area contributed by atoms with Crippen LogP contribution in [0.5, 0.6) is 0 Å². The summed E-state index contributed by atoms with van der Waals surface area (Å²) in [7, 11) is -4.74. The molecule has 0 aliphatic carbocycles. The van der Waals surface area contributed by atoms with Crippen molar-refractivity contribution in [2.45, 2.75) is 193 Å². The van der Waals surface area contributed by atoms with Crippen molar-refractivity contribution < 1.29 is 37.9 Å². The lowest BCUT2D eigenvalue weighted by atomic mass is 10.1.